The van der Waals surface area contributed by atoms with E-state index in [1.807, 2.05) is 24.3 Å². The molecule has 0 spiro atoms. The summed E-state index contributed by atoms with van der Waals surface area (Å²) in [5, 5.41) is 12.3. The number of rotatable bonds is 6. The van der Waals surface area contributed by atoms with Gasteiger partial charge in [0.25, 0.3) is 0 Å². The van der Waals surface area contributed by atoms with Gasteiger partial charge < -0.3 is 15.2 Å². The third-order valence-electron chi connectivity index (χ3n) is 4.26. The highest BCUT2D eigenvalue weighted by Crippen LogP contribution is 2.22. The molecule has 0 aliphatic carbocycles. The minimum absolute atomic E-state index is 0. The standard InChI is InChI=1S/C17H22N4O3S.ClH/c1-23-13-4-2-3-11(9-13)10-14-20-21-17(25-14)19-16(22)15(18)12-5-7-24-8-6-12;/h2-4,9,12,15H,5-8,10,18H2,1H3,(H,19,21,22);1H. The van der Waals surface area contributed by atoms with Crippen molar-refractivity contribution in [2.75, 3.05) is 25.6 Å². The summed E-state index contributed by atoms with van der Waals surface area (Å²) in [5.41, 5.74) is 7.15. The summed E-state index contributed by atoms with van der Waals surface area (Å²) in [6.07, 6.45) is 2.26. The highest BCUT2D eigenvalue weighted by Gasteiger charge is 2.27. The van der Waals surface area contributed by atoms with E-state index in [9.17, 15) is 4.79 Å². The summed E-state index contributed by atoms with van der Waals surface area (Å²) in [6, 6.07) is 7.25. The molecular weight excluding hydrogens is 376 g/mol. The van der Waals surface area contributed by atoms with Gasteiger partial charge in [-0.3, -0.25) is 10.1 Å². The summed E-state index contributed by atoms with van der Waals surface area (Å²) in [7, 11) is 1.64. The van der Waals surface area contributed by atoms with Crippen LogP contribution in [0.25, 0.3) is 0 Å². The molecule has 9 heteroatoms. The minimum Gasteiger partial charge on any atom is -0.497 e. The molecule has 1 aliphatic heterocycles. The van der Waals surface area contributed by atoms with Gasteiger partial charge in [-0.05, 0) is 36.5 Å². The van der Waals surface area contributed by atoms with Crippen molar-refractivity contribution in [1.82, 2.24) is 10.2 Å². The minimum atomic E-state index is -0.547. The van der Waals surface area contributed by atoms with Crippen LogP contribution in [0.3, 0.4) is 0 Å². The van der Waals surface area contributed by atoms with Crippen LogP contribution < -0.4 is 15.8 Å². The van der Waals surface area contributed by atoms with Crippen LogP contribution in [0.2, 0.25) is 0 Å². The van der Waals surface area contributed by atoms with Crippen LogP contribution in [-0.4, -0.2) is 42.5 Å². The number of nitrogens with one attached hydrogen (secondary N) is 1. The molecule has 1 amide bonds. The average Bonchev–Trinajstić information content (AvgIpc) is 3.08. The molecule has 0 saturated carbocycles. The number of nitrogens with zero attached hydrogens (tertiary/aromatic N) is 2. The smallest absolute Gasteiger partial charge is 0.243 e. The molecule has 3 rings (SSSR count). The molecule has 26 heavy (non-hydrogen) atoms. The molecule has 1 atom stereocenters. The molecular formula is C17H23ClN4O3S. The average molecular weight is 399 g/mol. The number of ether oxygens (including phenoxy) is 2. The van der Waals surface area contributed by atoms with Crippen molar-refractivity contribution in [1.29, 1.82) is 0 Å². The molecule has 1 saturated heterocycles. The predicted molar refractivity (Wildman–Crippen MR) is 103 cm³/mol. The van der Waals surface area contributed by atoms with Gasteiger partial charge in [0, 0.05) is 19.6 Å². The van der Waals surface area contributed by atoms with E-state index in [-0.39, 0.29) is 24.2 Å². The van der Waals surface area contributed by atoms with Gasteiger partial charge in [-0.25, -0.2) is 0 Å². The fourth-order valence-electron chi connectivity index (χ4n) is 2.81. The van der Waals surface area contributed by atoms with Gasteiger partial charge in [0.15, 0.2) is 0 Å². The lowest BCUT2D eigenvalue weighted by Gasteiger charge is -2.26. The van der Waals surface area contributed by atoms with E-state index < -0.39 is 6.04 Å². The summed E-state index contributed by atoms with van der Waals surface area (Å²) < 4.78 is 10.5. The maximum Gasteiger partial charge on any atom is 0.243 e. The monoisotopic (exact) mass is 398 g/mol. The molecule has 1 unspecified atom stereocenters. The first kappa shape index (κ1) is 20.6. The van der Waals surface area contributed by atoms with Gasteiger partial charge in [-0.1, -0.05) is 23.5 Å². The van der Waals surface area contributed by atoms with Crippen LogP contribution in [0.4, 0.5) is 5.13 Å². The largest absolute Gasteiger partial charge is 0.497 e. The first-order valence-electron chi connectivity index (χ1n) is 8.25. The van der Waals surface area contributed by atoms with E-state index in [0.717, 1.165) is 29.2 Å². The van der Waals surface area contributed by atoms with Crippen molar-refractivity contribution in [2.45, 2.75) is 25.3 Å². The Bertz CT molecular complexity index is 722. The molecule has 1 fully saturated rings. The van der Waals surface area contributed by atoms with Crippen molar-refractivity contribution in [2.24, 2.45) is 11.7 Å². The number of benzene rings is 1. The summed E-state index contributed by atoms with van der Waals surface area (Å²) in [4.78, 5) is 12.3. The van der Waals surface area contributed by atoms with E-state index in [1.54, 1.807) is 7.11 Å². The number of hydrogen-bond donors (Lipinski definition) is 2. The molecule has 0 radical (unpaired) electrons. The van der Waals surface area contributed by atoms with E-state index in [1.165, 1.54) is 11.3 Å². The first-order valence-corrected chi connectivity index (χ1v) is 9.07. The number of carbonyl (C=O) groups excluding carboxylic acids is 1. The van der Waals surface area contributed by atoms with Crippen LogP contribution in [0, 0.1) is 5.92 Å². The zero-order valence-electron chi connectivity index (χ0n) is 14.5. The Labute approximate surface area is 162 Å². The Kier molecular flexibility index (Phi) is 7.77. The Morgan fingerprint density at radius 2 is 2.19 bits per heavy atom. The number of methoxy groups -OCH3 is 1. The topological polar surface area (TPSA) is 99.4 Å². The predicted octanol–water partition coefficient (Wildman–Crippen LogP) is 2.25. The Morgan fingerprint density at radius 1 is 1.42 bits per heavy atom. The van der Waals surface area contributed by atoms with E-state index in [4.69, 9.17) is 15.2 Å². The number of aromatic nitrogens is 2. The van der Waals surface area contributed by atoms with Crippen LogP contribution in [0.5, 0.6) is 5.75 Å². The second kappa shape index (κ2) is 9.82. The van der Waals surface area contributed by atoms with Gasteiger partial charge in [0.1, 0.15) is 10.8 Å². The van der Waals surface area contributed by atoms with Crippen molar-refractivity contribution in [3.8, 4) is 5.75 Å². The zero-order chi connectivity index (χ0) is 17.6. The molecule has 1 aromatic carbocycles. The van der Waals surface area contributed by atoms with Crippen molar-refractivity contribution in [3.05, 3.63) is 34.8 Å². The summed E-state index contributed by atoms with van der Waals surface area (Å²) in [6.45, 7) is 1.32. The zero-order valence-corrected chi connectivity index (χ0v) is 16.1. The summed E-state index contributed by atoms with van der Waals surface area (Å²) in [5.74, 6) is 0.742. The SMILES string of the molecule is COc1cccc(Cc2nnc(NC(=O)C(N)C3CCOCC3)s2)c1.Cl. The second-order valence-corrected chi connectivity index (χ2v) is 7.06. The van der Waals surface area contributed by atoms with Gasteiger partial charge in [-0.15, -0.1) is 22.6 Å². The summed E-state index contributed by atoms with van der Waals surface area (Å²) >= 11 is 1.36. The molecule has 1 aromatic heterocycles. The lowest BCUT2D eigenvalue weighted by atomic mass is 9.92. The van der Waals surface area contributed by atoms with Gasteiger partial charge in [0.2, 0.25) is 11.0 Å². The van der Waals surface area contributed by atoms with Gasteiger partial charge in [0.05, 0.1) is 13.2 Å². The number of halogens is 1. The fraction of sp³-hybridized carbons (Fsp3) is 0.471. The molecule has 2 heterocycles. The van der Waals surface area contributed by atoms with E-state index >= 15 is 0 Å². The molecule has 2 aromatic rings. The molecule has 142 valence electrons. The van der Waals surface area contributed by atoms with E-state index in [0.29, 0.717) is 24.8 Å². The van der Waals surface area contributed by atoms with Crippen molar-refractivity contribution < 1.29 is 14.3 Å². The van der Waals surface area contributed by atoms with Crippen LogP contribution in [0.1, 0.15) is 23.4 Å². The third kappa shape index (κ3) is 5.38. The Balaban J connectivity index is 0.00000243. The van der Waals surface area contributed by atoms with Crippen LogP contribution >= 0.6 is 23.7 Å². The third-order valence-corrected chi connectivity index (χ3v) is 5.10. The number of anilines is 1. The Hall–Kier alpha value is -1.74. The number of hydrogen-bond acceptors (Lipinski definition) is 7. The molecule has 7 nitrogen and oxygen atoms in total. The fourth-order valence-corrected chi connectivity index (χ4v) is 3.59. The van der Waals surface area contributed by atoms with Gasteiger partial charge in [-0.2, -0.15) is 0 Å². The van der Waals surface area contributed by atoms with Crippen LogP contribution in [0.15, 0.2) is 24.3 Å². The quantitative estimate of drug-likeness (QED) is 0.774. The molecule has 0 bridgehead atoms. The highest BCUT2D eigenvalue weighted by molar-refractivity contribution is 7.15. The van der Waals surface area contributed by atoms with E-state index in [2.05, 4.69) is 15.5 Å². The maximum absolute atomic E-state index is 12.3. The van der Waals surface area contributed by atoms with Crippen molar-refractivity contribution >= 4 is 34.8 Å². The lowest BCUT2D eigenvalue weighted by Crippen LogP contribution is -2.43. The Morgan fingerprint density at radius 3 is 2.92 bits per heavy atom. The van der Waals surface area contributed by atoms with Gasteiger partial charge >= 0.3 is 0 Å². The normalized spacial score (nSPS) is 15.8. The molecule has 1 aliphatic rings. The number of amides is 1. The highest BCUT2D eigenvalue weighted by atomic mass is 35.5. The number of nitrogens with two attached hydrogens (primary N) is 1. The number of carbonyl (C=O) groups is 1. The first-order chi connectivity index (χ1) is 12.2. The maximum atomic E-state index is 12.3. The molecule has 3 N–H and O–H groups in total. The lowest BCUT2D eigenvalue weighted by molar-refractivity contribution is -0.119. The van der Waals surface area contributed by atoms with Crippen molar-refractivity contribution in [3.63, 3.8) is 0 Å². The van der Waals surface area contributed by atoms with Crippen LogP contribution in [-0.2, 0) is 16.0 Å². The second-order valence-electron chi connectivity index (χ2n) is 5.99.